The Morgan fingerprint density at radius 1 is 1.32 bits per heavy atom. The minimum absolute atomic E-state index is 0.0670. The monoisotopic (exact) mass is 267 g/mol. The number of rotatable bonds is 7. The highest BCUT2D eigenvalue weighted by Gasteiger charge is 2.23. The number of aryl methyl sites for hydroxylation is 1. The van der Waals surface area contributed by atoms with Crippen molar-refractivity contribution in [3.63, 3.8) is 0 Å². The maximum atomic E-state index is 10.5. The van der Waals surface area contributed by atoms with Crippen LogP contribution in [0.25, 0.3) is 0 Å². The van der Waals surface area contributed by atoms with Crippen LogP contribution in [0, 0.1) is 12.8 Å². The molecule has 3 N–H and O–H groups in total. The number of nitrogens with one attached hydrogen (secondary N) is 1. The number of ether oxygens (including phenoxy) is 1. The van der Waals surface area contributed by atoms with Crippen LogP contribution in [0.3, 0.4) is 0 Å². The van der Waals surface area contributed by atoms with Gasteiger partial charge in [0.05, 0.1) is 19.8 Å². The molecule has 0 saturated carbocycles. The second-order valence-corrected chi connectivity index (χ2v) is 5.12. The van der Waals surface area contributed by atoms with Crippen LogP contribution in [0.5, 0.6) is 5.75 Å². The molecule has 4 nitrogen and oxygen atoms in total. The molecule has 2 atom stereocenters. The van der Waals surface area contributed by atoms with Gasteiger partial charge in [0.2, 0.25) is 0 Å². The molecule has 1 aromatic rings. The number of aliphatic hydroxyl groups is 2. The van der Waals surface area contributed by atoms with E-state index in [1.807, 2.05) is 25.1 Å². The smallest absolute Gasteiger partial charge is 0.121 e. The summed E-state index contributed by atoms with van der Waals surface area (Å²) in [6.07, 6.45) is -0.601. The lowest BCUT2D eigenvalue weighted by Gasteiger charge is -2.28. The Morgan fingerprint density at radius 2 is 2.00 bits per heavy atom. The van der Waals surface area contributed by atoms with E-state index in [1.54, 1.807) is 7.11 Å². The van der Waals surface area contributed by atoms with Gasteiger partial charge in [-0.25, -0.2) is 0 Å². The summed E-state index contributed by atoms with van der Waals surface area (Å²) in [5, 5.41) is 22.6. The van der Waals surface area contributed by atoms with E-state index in [0.29, 0.717) is 6.54 Å². The van der Waals surface area contributed by atoms with E-state index < -0.39 is 6.10 Å². The van der Waals surface area contributed by atoms with Gasteiger partial charge in [0.25, 0.3) is 0 Å². The molecule has 0 saturated heterocycles. The molecule has 4 heteroatoms. The van der Waals surface area contributed by atoms with Crippen LogP contribution in [0.15, 0.2) is 18.2 Å². The van der Waals surface area contributed by atoms with Crippen molar-refractivity contribution in [2.45, 2.75) is 32.9 Å². The van der Waals surface area contributed by atoms with Gasteiger partial charge in [-0.05, 0) is 36.1 Å². The molecule has 0 aromatic heterocycles. The quantitative estimate of drug-likeness (QED) is 0.703. The highest BCUT2D eigenvalue weighted by molar-refractivity contribution is 5.37. The zero-order chi connectivity index (χ0) is 14.4. The van der Waals surface area contributed by atoms with E-state index >= 15 is 0 Å². The predicted octanol–water partition coefficient (Wildman–Crippen LogP) is 1.64. The Balaban J connectivity index is 2.89. The minimum Gasteiger partial charge on any atom is -0.496 e. The molecule has 108 valence electrons. The Morgan fingerprint density at radius 3 is 2.47 bits per heavy atom. The zero-order valence-corrected chi connectivity index (χ0v) is 12.2. The molecular weight excluding hydrogens is 242 g/mol. The Kier molecular flexibility index (Phi) is 6.28. The minimum atomic E-state index is -0.601. The van der Waals surface area contributed by atoms with Crippen LogP contribution in [-0.4, -0.2) is 36.5 Å². The molecule has 0 spiro atoms. The molecule has 0 fully saturated rings. The topological polar surface area (TPSA) is 61.7 Å². The predicted molar refractivity (Wildman–Crippen MR) is 76.4 cm³/mol. The number of benzene rings is 1. The van der Waals surface area contributed by atoms with Gasteiger partial charge in [-0.15, -0.1) is 0 Å². The molecular formula is C15H25NO3. The number of hydrogen-bond acceptors (Lipinski definition) is 4. The molecule has 0 radical (unpaired) electrons. The molecule has 1 aromatic carbocycles. The fourth-order valence-corrected chi connectivity index (χ4v) is 2.24. The molecule has 0 amide bonds. The van der Waals surface area contributed by atoms with Crippen LogP contribution >= 0.6 is 0 Å². The average Bonchev–Trinajstić information content (AvgIpc) is 2.38. The zero-order valence-electron chi connectivity index (χ0n) is 12.2. The van der Waals surface area contributed by atoms with Crippen LogP contribution in [0.1, 0.15) is 31.1 Å². The van der Waals surface area contributed by atoms with Gasteiger partial charge in [0.1, 0.15) is 5.75 Å². The SMILES string of the molecule is COc1ccc(C(O)C(NCCO)C(C)C)cc1C. The van der Waals surface area contributed by atoms with Crippen LogP contribution in [0.4, 0.5) is 0 Å². The van der Waals surface area contributed by atoms with E-state index in [9.17, 15) is 5.11 Å². The summed E-state index contributed by atoms with van der Waals surface area (Å²) < 4.78 is 5.22. The number of aliphatic hydroxyl groups excluding tert-OH is 2. The Bertz CT molecular complexity index is 393. The first kappa shape index (κ1) is 16.0. The summed E-state index contributed by atoms with van der Waals surface area (Å²) in [4.78, 5) is 0. The first-order chi connectivity index (χ1) is 9.01. The van der Waals surface area contributed by atoms with Crippen molar-refractivity contribution in [2.75, 3.05) is 20.3 Å². The van der Waals surface area contributed by atoms with Crippen molar-refractivity contribution in [1.82, 2.24) is 5.32 Å². The maximum absolute atomic E-state index is 10.5. The second-order valence-electron chi connectivity index (χ2n) is 5.12. The van der Waals surface area contributed by atoms with Crippen molar-refractivity contribution >= 4 is 0 Å². The lowest BCUT2D eigenvalue weighted by Crippen LogP contribution is -2.40. The third-order valence-electron chi connectivity index (χ3n) is 3.31. The number of methoxy groups -OCH3 is 1. The lowest BCUT2D eigenvalue weighted by atomic mass is 9.92. The van der Waals surface area contributed by atoms with Crippen molar-refractivity contribution < 1.29 is 14.9 Å². The second kappa shape index (κ2) is 7.48. The fraction of sp³-hybridized carbons (Fsp3) is 0.600. The van der Waals surface area contributed by atoms with Crippen molar-refractivity contribution in [3.8, 4) is 5.75 Å². The third kappa shape index (κ3) is 4.20. The van der Waals surface area contributed by atoms with Crippen LogP contribution < -0.4 is 10.1 Å². The normalized spacial score (nSPS) is 14.5. The molecule has 0 heterocycles. The van der Waals surface area contributed by atoms with E-state index in [-0.39, 0.29) is 18.6 Å². The first-order valence-electron chi connectivity index (χ1n) is 6.68. The fourth-order valence-electron chi connectivity index (χ4n) is 2.24. The maximum Gasteiger partial charge on any atom is 0.121 e. The summed E-state index contributed by atoms with van der Waals surface area (Å²) in [5.74, 6) is 1.09. The Labute approximate surface area is 115 Å². The van der Waals surface area contributed by atoms with Gasteiger partial charge in [-0.3, -0.25) is 0 Å². The van der Waals surface area contributed by atoms with Crippen LogP contribution in [-0.2, 0) is 0 Å². The molecule has 1 rings (SSSR count). The lowest BCUT2D eigenvalue weighted by molar-refractivity contribution is 0.101. The van der Waals surface area contributed by atoms with Gasteiger partial charge in [-0.1, -0.05) is 19.9 Å². The van der Waals surface area contributed by atoms with Crippen molar-refractivity contribution in [3.05, 3.63) is 29.3 Å². The average molecular weight is 267 g/mol. The van der Waals surface area contributed by atoms with Crippen molar-refractivity contribution in [2.24, 2.45) is 5.92 Å². The van der Waals surface area contributed by atoms with E-state index in [2.05, 4.69) is 19.2 Å². The highest BCUT2D eigenvalue weighted by atomic mass is 16.5. The highest BCUT2D eigenvalue weighted by Crippen LogP contribution is 2.26. The Hall–Kier alpha value is -1.10. The third-order valence-corrected chi connectivity index (χ3v) is 3.31. The van der Waals surface area contributed by atoms with Gasteiger partial charge < -0.3 is 20.3 Å². The van der Waals surface area contributed by atoms with Gasteiger partial charge >= 0.3 is 0 Å². The van der Waals surface area contributed by atoms with Gasteiger partial charge in [0, 0.05) is 12.6 Å². The van der Waals surface area contributed by atoms with Crippen LogP contribution in [0.2, 0.25) is 0 Å². The molecule has 0 aliphatic heterocycles. The largest absolute Gasteiger partial charge is 0.496 e. The summed E-state index contributed by atoms with van der Waals surface area (Å²) >= 11 is 0. The van der Waals surface area contributed by atoms with Gasteiger partial charge in [-0.2, -0.15) is 0 Å². The standard InChI is InChI=1S/C15H25NO3/c1-10(2)14(16-7-8-17)15(18)12-5-6-13(19-4)11(3)9-12/h5-6,9-10,14-18H,7-8H2,1-4H3. The van der Waals surface area contributed by atoms with E-state index in [1.165, 1.54) is 0 Å². The molecule has 0 aliphatic carbocycles. The number of hydrogen-bond donors (Lipinski definition) is 3. The summed E-state index contributed by atoms with van der Waals surface area (Å²) in [6.45, 7) is 6.61. The summed E-state index contributed by atoms with van der Waals surface area (Å²) in [7, 11) is 1.64. The summed E-state index contributed by atoms with van der Waals surface area (Å²) in [5.41, 5.74) is 1.87. The van der Waals surface area contributed by atoms with Gasteiger partial charge in [0.15, 0.2) is 0 Å². The van der Waals surface area contributed by atoms with E-state index in [0.717, 1.165) is 16.9 Å². The molecule has 0 aliphatic rings. The summed E-state index contributed by atoms with van der Waals surface area (Å²) in [6, 6.07) is 5.61. The van der Waals surface area contributed by atoms with Crippen molar-refractivity contribution in [1.29, 1.82) is 0 Å². The molecule has 2 unspecified atom stereocenters. The molecule has 19 heavy (non-hydrogen) atoms. The molecule has 0 bridgehead atoms. The van der Waals surface area contributed by atoms with E-state index in [4.69, 9.17) is 9.84 Å². The first-order valence-corrected chi connectivity index (χ1v) is 6.68.